The van der Waals surface area contributed by atoms with E-state index < -0.39 is 0 Å². The van der Waals surface area contributed by atoms with E-state index in [-0.39, 0.29) is 17.7 Å². The average molecular weight is 310 g/mol. The van der Waals surface area contributed by atoms with Crippen LogP contribution in [0.1, 0.15) is 18.4 Å². The van der Waals surface area contributed by atoms with Crippen LogP contribution in [0.2, 0.25) is 0 Å². The lowest BCUT2D eigenvalue weighted by Crippen LogP contribution is -2.26. The van der Waals surface area contributed by atoms with Crippen molar-refractivity contribution >= 4 is 11.8 Å². The van der Waals surface area contributed by atoms with Gasteiger partial charge in [0.05, 0.1) is 6.54 Å². The second-order valence-corrected chi connectivity index (χ2v) is 5.80. The number of carbonyl (C=O) groups is 1. The molecule has 1 aliphatic heterocycles. The van der Waals surface area contributed by atoms with E-state index in [1.807, 2.05) is 24.3 Å². The zero-order valence-corrected chi connectivity index (χ0v) is 12.3. The summed E-state index contributed by atoms with van der Waals surface area (Å²) in [6.07, 6.45) is 2.48. The number of cyclic esters (lactones) is 1. The molecule has 1 aromatic carbocycles. The Balaban J connectivity index is 1.48. The van der Waals surface area contributed by atoms with Gasteiger partial charge in [-0.2, -0.15) is 4.80 Å². The summed E-state index contributed by atoms with van der Waals surface area (Å²) in [5.74, 6) is 0. The normalized spacial score (nSPS) is 21.8. The lowest BCUT2D eigenvalue weighted by molar-refractivity contribution is 0.126. The summed E-state index contributed by atoms with van der Waals surface area (Å²) in [4.78, 5) is 18.8. The molecule has 1 amide bonds. The van der Waals surface area contributed by atoms with Crippen molar-refractivity contribution in [3.63, 3.8) is 0 Å². The molecule has 0 radical (unpaired) electrons. The van der Waals surface area contributed by atoms with Crippen LogP contribution < -0.4 is 4.90 Å². The van der Waals surface area contributed by atoms with Gasteiger partial charge in [-0.15, -0.1) is 10.2 Å². The van der Waals surface area contributed by atoms with E-state index in [0.29, 0.717) is 13.1 Å². The molecule has 0 spiro atoms. The summed E-state index contributed by atoms with van der Waals surface area (Å²) >= 11 is 0. The van der Waals surface area contributed by atoms with Gasteiger partial charge in [0.1, 0.15) is 12.6 Å². The standard InChI is InChI=1S/C15H14N6O2/c1-16-15(6-7-15)11-2-4-12(5-3-11)20-8-13(23-14(20)22)9-21-18-10-17-19-21/h2-5,10,13H,6-9H2/t13-/m1/s1. The largest absolute Gasteiger partial charge is 0.442 e. The van der Waals surface area contributed by atoms with Crippen molar-refractivity contribution in [3.05, 3.63) is 47.6 Å². The predicted octanol–water partition coefficient (Wildman–Crippen LogP) is 1.61. The Morgan fingerprint density at radius 1 is 1.35 bits per heavy atom. The molecule has 23 heavy (non-hydrogen) atoms. The van der Waals surface area contributed by atoms with Crippen molar-refractivity contribution in [1.29, 1.82) is 0 Å². The number of anilines is 1. The Hall–Kier alpha value is -2.95. The predicted molar refractivity (Wildman–Crippen MR) is 79.4 cm³/mol. The van der Waals surface area contributed by atoms with Gasteiger partial charge in [0.25, 0.3) is 5.54 Å². The number of rotatable bonds is 4. The molecule has 0 bridgehead atoms. The molecule has 1 aliphatic carbocycles. The first kappa shape index (κ1) is 13.7. The minimum absolute atomic E-state index is 0.311. The highest BCUT2D eigenvalue weighted by molar-refractivity contribution is 5.89. The third kappa shape index (κ3) is 2.40. The zero-order chi connectivity index (χ0) is 15.9. The van der Waals surface area contributed by atoms with Gasteiger partial charge in [-0.05, 0) is 29.5 Å². The second-order valence-electron chi connectivity index (χ2n) is 5.80. The van der Waals surface area contributed by atoms with Crippen LogP contribution in [0.5, 0.6) is 0 Å². The number of hydrogen-bond acceptors (Lipinski definition) is 5. The fourth-order valence-electron chi connectivity index (χ4n) is 2.82. The van der Waals surface area contributed by atoms with Gasteiger partial charge < -0.3 is 9.58 Å². The van der Waals surface area contributed by atoms with Crippen LogP contribution in [-0.2, 0) is 16.8 Å². The molecule has 0 unspecified atom stereocenters. The molecular formula is C15H14N6O2. The smallest absolute Gasteiger partial charge is 0.414 e. The molecule has 2 heterocycles. The summed E-state index contributed by atoms with van der Waals surface area (Å²) in [6.45, 7) is 8.11. The Labute approximate surface area is 132 Å². The second kappa shape index (κ2) is 5.05. The number of hydrogen-bond donors (Lipinski definition) is 0. The van der Waals surface area contributed by atoms with Crippen LogP contribution in [-0.4, -0.2) is 38.9 Å². The number of aromatic nitrogens is 4. The maximum atomic E-state index is 12.1. The van der Waals surface area contributed by atoms with E-state index in [2.05, 4.69) is 20.3 Å². The molecule has 1 atom stereocenters. The highest BCUT2D eigenvalue weighted by Crippen LogP contribution is 2.49. The molecule has 1 saturated heterocycles. The van der Waals surface area contributed by atoms with Crippen molar-refractivity contribution in [2.75, 3.05) is 11.4 Å². The van der Waals surface area contributed by atoms with E-state index in [1.54, 1.807) is 4.90 Å². The molecule has 8 nitrogen and oxygen atoms in total. The Morgan fingerprint density at radius 2 is 2.13 bits per heavy atom. The van der Waals surface area contributed by atoms with Crippen LogP contribution in [0.25, 0.3) is 4.85 Å². The van der Waals surface area contributed by atoms with Crippen molar-refractivity contribution in [2.45, 2.75) is 31.0 Å². The molecule has 1 saturated carbocycles. The number of carbonyl (C=O) groups excluding carboxylic acids is 1. The Bertz CT molecular complexity index is 760. The maximum absolute atomic E-state index is 12.1. The third-order valence-corrected chi connectivity index (χ3v) is 4.29. The first-order valence-electron chi connectivity index (χ1n) is 7.38. The minimum Gasteiger partial charge on any atom is -0.442 e. The number of benzene rings is 1. The van der Waals surface area contributed by atoms with E-state index in [4.69, 9.17) is 11.3 Å². The van der Waals surface area contributed by atoms with Gasteiger partial charge in [0, 0.05) is 24.1 Å². The lowest BCUT2D eigenvalue weighted by Gasteiger charge is -2.13. The van der Waals surface area contributed by atoms with Crippen molar-refractivity contribution in [2.24, 2.45) is 0 Å². The zero-order valence-electron chi connectivity index (χ0n) is 12.3. The highest BCUT2D eigenvalue weighted by atomic mass is 16.6. The summed E-state index contributed by atoms with van der Waals surface area (Å²) < 4.78 is 5.34. The molecule has 2 aromatic rings. The van der Waals surface area contributed by atoms with Crippen LogP contribution >= 0.6 is 0 Å². The van der Waals surface area contributed by atoms with Gasteiger partial charge >= 0.3 is 6.09 Å². The molecule has 116 valence electrons. The van der Waals surface area contributed by atoms with Crippen LogP contribution in [0.15, 0.2) is 30.6 Å². The molecular weight excluding hydrogens is 296 g/mol. The minimum atomic E-state index is -0.380. The van der Waals surface area contributed by atoms with E-state index in [0.717, 1.165) is 24.1 Å². The Morgan fingerprint density at radius 3 is 2.74 bits per heavy atom. The maximum Gasteiger partial charge on any atom is 0.414 e. The highest BCUT2D eigenvalue weighted by Gasteiger charge is 2.52. The number of ether oxygens (including phenoxy) is 1. The molecule has 1 aromatic heterocycles. The first-order valence-corrected chi connectivity index (χ1v) is 7.38. The molecule has 4 rings (SSSR count). The van der Waals surface area contributed by atoms with Crippen LogP contribution in [0, 0.1) is 6.57 Å². The SMILES string of the molecule is [C-]#[N+]C1(c2ccc(N3C[C@H](Cn4ncnn4)OC3=O)cc2)CC1. The van der Waals surface area contributed by atoms with Gasteiger partial charge in [-0.25, -0.2) is 11.4 Å². The van der Waals surface area contributed by atoms with Gasteiger partial charge in [0.2, 0.25) is 0 Å². The third-order valence-electron chi connectivity index (χ3n) is 4.29. The lowest BCUT2D eigenvalue weighted by atomic mass is 10.1. The van der Waals surface area contributed by atoms with Crippen molar-refractivity contribution in [3.8, 4) is 0 Å². The molecule has 2 fully saturated rings. The average Bonchev–Trinajstić information content (AvgIpc) is 3.05. The summed E-state index contributed by atoms with van der Waals surface area (Å²) in [6, 6.07) is 7.61. The number of amides is 1. The monoisotopic (exact) mass is 310 g/mol. The summed E-state index contributed by atoms with van der Waals surface area (Å²) in [7, 11) is 0. The quantitative estimate of drug-likeness (QED) is 0.802. The number of nitrogens with zero attached hydrogens (tertiary/aromatic N) is 6. The topological polar surface area (TPSA) is 77.5 Å². The van der Waals surface area contributed by atoms with Crippen LogP contribution in [0.3, 0.4) is 0 Å². The van der Waals surface area contributed by atoms with E-state index in [9.17, 15) is 4.79 Å². The summed E-state index contributed by atoms with van der Waals surface area (Å²) in [5, 5.41) is 11.3. The van der Waals surface area contributed by atoms with Crippen molar-refractivity contribution in [1.82, 2.24) is 20.2 Å². The fraction of sp³-hybridized carbons (Fsp3) is 0.400. The fourth-order valence-corrected chi connectivity index (χ4v) is 2.82. The van der Waals surface area contributed by atoms with Crippen molar-refractivity contribution < 1.29 is 9.53 Å². The van der Waals surface area contributed by atoms with E-state index >= 15 is 0 Å². The number of tetrazole rings is 1. The molecule has 0 N–H and O–H groups in total. The molecule has 2 aliphatic rings. The van der Waals surface area contributed by atoms with Crippen LogP contribution in [0.4, 0.5) is 10.5 Å². The summed E-state index contributed by atoms with van der Waals surface area (Å²) in [5.41, 5.74) is 1.46. The Kier molecular flexibility index (Phi) is 3.01. The van der Waals surface area contributed by atoms with Gasteiger partial charge in [0.15, 0.2) is 6.33 Å². The van der Waals surface area contributed by atoms with E-state index in [1.165, 1.54) is 11.1 Å². The molecule has 8 heteroatoms. The first-order chi connectivity index (χ1) is 11.2. The van der Waals surface area contributed by atoms with Gasteiger partial charge in [-0.3, -0.25) is 4.90 Å². The van der Waals surface area contributed by atoms with Gasteiger partial charge in [-0.1, -0.05) is 0 Å².